The Morgan fingerprint density at radius 2 is 1.83 bits per heavy atom. The minimum atomic E-state index is -1.83. The van der Waals surface area contributed by atoms with Gasteiger partial charge in [-0.3, -0.25) is 23.9 Å². The van der Waals surface area contributed by atoms with E-state index in [-0.39, 0.29) is 0 Å². The minimum Gasteiger partial charge on any atom is -0.489 e. The van der Waals surface area contributed by atoms with Crippen molar-refractivity contribution in [2.24, 2.45) is 5.73 Å². The van der Waals surface area contributed by atoms with Crippen molar-refractivity contribution >= 4 is 17.5 Å². The van der Waals surface area contributed by atoms with E-state index in [4.69, 9.17) is 29.4 Å². The highest BCUT2D eigenvalue weighted by Gasteiger charge is 2.52. The minimum absolute atomic E-state index is 0.296. The summed E-state index contributed by atoms with van der Waals surface area (Å²) in [6, 6.07) is 17.0. The summed E-state index contributed by atoms with van der Waals surface area (Å²) in [6.45, 7) is 0.296. The molecular weight excluding hydrogens is 608 g/mol. The van der Waals surface area contributed by atoms with Crippen molar-refractivity contribution in [3.05, 3.63) is 105 Å². The van der Waals surface area contributed by atoms with Crippen LogP contribution in [0.5, 0.6) is 5.75 Å². The van der Waals surface area contributed by atoms with E-state index in [1.165, 1.54) is 7.11 Å². The first-order valence-electron chi connectivity index (χ1n) is 14.0. The Bertz CT molecular complexity index is 1690. The van der Waals surface area contributed by atoms with Gasteiger partial charge in [-0.1, -0.05) is 36.4 Å². The molecule has 1 aromatic heterocycles. The molecule has 0 spiro atoms. The largest absolute Gasteiger partial charge is 0.489 e. The Labute approximate surface area is 260 Å². The Morgan fingerprint density at radius 1 is 1.07 bits per heavy atom. The van der Waals surface area contributed by atoms with Gasteiger partial charge in [0.05, 0.1) is 0 Å². The number of methoxy groups -OCH3 is 1. The Hall–Kier alpha value is -4.84. The molecule has 244 valence electrons. The summed E-state index contributed by atoms with van der Waals surface area (Å²) in [5, 5.41) is 34.6. The van der Waals surface area contributed by atoms with E-state index in [0.717, 1.165) is 28.5 Å². The van der Waals surface area contributed by atoms with Gasteiger partial charge in [-0.15, -0.1) is 0 Å². The molecule has 0 saturated carbocycles. The van der Waals surface area contributed by atoms with Crippen molar-refractivity contribution in [2.45, 2.75) is 55.7 Å². The van der Waals surface area contributed by atoms with Gasteiger partial charge >= 0.3 is 5.69 Å². The van der Waals surface area contributed by atoms with Crippen LogP contribution in [0.3, 0.4) is 0 Å². The zero-order chi connectivity index (χ0) is 33.0. The Balaban J connectivity index is 1.28. The van der Waals surface area contributed by atoms with Gasteiger partial charge in [0, 0.05) is 31.1 Å². The maximum absolute atomic E-state index is 13.1. The first-order chi connectivity index (χ1) is 22.0. The molecule has 2 aromatic carbocycles. The number of nitrogens with zero attached hydrogens (tertiary/aromatic N) is 1. The van der Waals surface area contributed by atoms with E-state index in [2.05, 4.69) is 5.32 Å². The second kappa shape index (κ2) is 14.1. The summed E-state index contributed by atoms with van der Waals surface area (Å²) in [4.78, 5) is 51.5. The number of carbonyl (C=O) groups is 2. The molecule has 1 fully saturated rings. The van der Waals surface area contributed by atoms with Crippen LogP contribution in [-0.4, -0.2) is 86.7 Å². The van der Waals surface area contributed by atoms with E-state index in [1.807, 2.05) is 35.3 Å². The van der Waals surface area contributed by atoms with Crippen LogP contribution in [0.4, 0.5) is 5.69 Å². The first kappa shape index (κ1) is 32.6. The Kier molecular flexibility index (Phi) is 9.96. The molecule has 16 nitrogen and oxygen atoms in total. The van der Waals surface area contributed by atoms with Gasteiger partial charge in [-0.05, 0) is 23.8 Å². The number of nitrogens with one attached hydrogen (secondary N) is 2. The predicted octanol–water partition coefficient (Wildman–Crippen LogP) is -1.14. The molecule has 3 heterocycles. The zero-order valence-corrected chi connectivity index (χ0v) is 24.3. The fourth-order valence-corrected chi connectivity index (χ4v) is 4.98. The zero-order valence-electron chi connectivity index (χ0n) is 24.3. The third kappa shape index (κ3) is 7.17. The van der Waals surface area contributed by atoms with Crippen LogP contribution in [0, 0.1) is 0 Å². The number of rotatable bonds is 11. The quantitative estimate of drug-likeness (QED) is 0.146. The molecule has 2 amide bonds. The number of aromatic amines is 1. The van der Waals surface area contributed by atoms with Crippen molar-refractivity contribution in [1.82, 2.24) is 9.55 Å². The van der Waals surface area contributed by atoms with Crippen LogP contribution in [0.2, 0.25) is 0 Å². The van der Waals surface area contributed by atoms with Crippen molar-refractivity contribution < 1.29 is 48.6 Å². The normalized spacial score (nSPS) is 26.4. The number of anilines is 1. The molecule has 1 saturated heterocycles. The summed E-state index contributed by atoms with van der Waals surface area (Å²) in [7, 11) is 1.20. The van der Waals surface area contributed by atoms with Gasteiger partial charge < -0.3 is 50.1 Å². The SMILES string of the molecule is CO[C@H]1[C@@H](O)[C@H](n2ccc(=O)[nH]c2=O)O[C@@H]1[C@@H](O[C@H]1OC(C(=O)Nc2cccc(OCc3ccccc3)c2)=C[C@H](O)[C@@H]1O)C(N)=O. The molecule has 8 atom stereocenters. The van der Waals surface area contributed by atoms with Gasteiger partial charge in [-0.25, -0.2) is 4.79 Å². The van der Waals surface area contributed by atoms with Crippen molar-refractivity contribution in [1.29, 1.82) is 0 Å². The van der Waals surface area contributed by atoms with Gasteiger partial charge in [-0.2, -0.15) is 0 Å². The maximum Gasteiger partial charge on any atom is 0.330 e. The van der Waals surface area contributed by atoms with Crippen LogP contribution in [0.25, 0.3) is 0 Å². The smallest absolute Gasteiger partial charge is 0.330 e. The van der Waals surface area contributed by atoms with E-state index in [1.54, 1.807) is 24.3 Å². The molecule has 46 heavy (non-hydrogen) atoms. The average Bonchev–Trinajstić information content (AvgIpc) is 3.36. The molecule has 0 aliphatic carbocycles. The van der Waals surface area contributed by atoms with Crippen molar-refractivity contribution in [3.8, 4) is 5.75 Å². The molecule has 16 heteroatoms. The number of nitrogens with two attached hydrogens (primary N) is 1. The lowest BCUT2D eigenvalue weighted by Crippen LogP contribution is -2.53. The van der Waals surface area contributed by atoms with Crippen LogP contribution >= 0.6 is 0 Å². The number of hydrogen-bond donors (Lipinski definition) is 6. The van der Waals surface area contributed by atoms with Crippen LogP contribution < -0.4 is 27.0 Å². The number of aliphatic hydroxyl groups is 3. The van der Waals surface area contributed by atoms with Gasteiger partial charge in [0.1, 0.15) is 42.9 Å². The number of carbonyl (C=O) groups excluding carboxylic acids is 2. The van der Waals surface area contributed by atoms with Crippen LogP contribution in [0.15, 0.2) is 88.3 Å². The molecule has 0 bridgehead atoms. The van der Waals surface area contributed by atoms with E-state index >= 15 is 0 Å². The van der Waals surface area contributed by atoms with Gasteiger partial charge in [0.25, 0.3) is 11.5 Å². The van der Waals surface area contributed by atoms with Crippen molar-refractivity contribution in [2.75, 3.05) is 12.4 Å². The highest BCUT2D eigenvalue weighted by atomic mass is 16.7. The summed E-state index contributed by atoms with van der Waals surface area (Å²) < 4.78 is 28.9. The summed E-state index contributed by atoms with van der Waals surface area (Å²) in [5.74, 6) is -1.95. The van der Waals surface area contributed by atoms with E-state index in [0.29, 0.717) is 18.0 Å². The molecule has 0 radical (unpaired) electrons. The molecule has 2 aliphatic heterocycles. The van der Waals surface area contributed by atoms with Gasteiger partial charge in [0.15, 0.2) is 18.1 Å². The van der Waals surface area contributed by atoms with E-state index < -0.39 is 78.0 Å². The molecule has 5 rings (SSSR count). The lowest BCUT2D eigenvalue weighted by atomic mass is 10.0. The first-order valence-corrected chi connectivity index (χ1v) is 14.0. The van der Waals surface area contributed by atoms with Crippen LogP contribution in [0.1, 0.15) is 11.8 Å². The standard InChI is InChI=1S/C30H32N4O12/c1-42-23-22(38)28(34-11-10-20(36)33-30(34)41)45-24(23)25(26(31)39)46-29-21(37)18(35)13-19(44-29)27(40)32-16-8-5-9-17(12-16)43-14-15-6-3-2-4-7-15/h2-13,18,21-25,28-29,35,37-38H,14H2,1H3,(H2,31,39)(H,32,40)(H,33,36,41)/t18-,21-,22+,23-,24-,25+,28+,29+/m0/s1. The lowest BCUT2D eigenvalue weighted by Gasteiger charge is -2.35. The topological polar surface area (TPSA) is 234 Å². The molecule has 3 aromatic rings. The average molecular weight is 641 g/mol. The van der Waals surface area contributed by atoms with Gasteiger partial charge in [0.2, 0.25) is 12.2 Å². The number of hydrogen-bond acceptors (Lipinski definition) is 12. The summed E-state index contributed by atoms with van der Waals surface area (Å²) >= 11 is 0. The fraction of sp³-hybridized carbons (Fsp3) is 0.333. The number of ether oxygens (including phenoxy) is 5. The number of aromatic nitrogens is 2. The number of benzene rings is 2. The van der Waals surface area contributed by atoms with Crippen LogP contribution in [-0.2, 0) is 35.1 Å². The summed E-state index contributed by atoms with van der Waals surface area (Å²) in [5.41, 5.74) is 5.25. The summed E-state index contributed by atoms with van der Waals surface area (Å²) in [6.07, 6.45) is -10.8. The number of H-pyrrole nitrogens is 1. The number of aliphatic hydroxyl groups excluding tert-OH is 3. The fourth-order valence-electron chi connectivity index (χ4n) is 4.98. The van der Waals surface area contributed by atoms with E-state index in [9.17, 15) is 34.5 Å². The third-order valence-electron chi connectivity index (χ3n) is 7.26. The number of amides is 2. The maximum atomic E-state index is 13.1. The molecular formula is C30H32N4O12. The molecule has 0 unspecified atom stereocenters. The molecule has 7 N–H and O–H groups in total. The number of primary amides is 1. The predicted molar refractivity (Wildman–Crippen MR) is 157 cm³/mol. The highest BCUT2D eigenvalue weighted by Crippen LogP contribution is 2.34. The van der Waals surface area contributed by atoms with Crippen molar-refractivity contribution in [3.63, 3.8) is 0 Å². The second-order valence-electron chi connectivity index (χ2n) is 10.4. The molecule has 2 aliphatic rings. The second-order valence-corrected chi connectivity index (χ2v) is 10.4. The highest BCUT2D eigenvalue weighted by molar-refractivity contribution is 6.02. The third-order valence-corrected chi connectivity index (χ3v) is 7.26. The monoisotopic (exact) mass is 640 g/mol. The lowest BCUT2D eigenvalue weighted by molar-refractivity contribution is -0.241. The Morgan fingerprint density at radius 3 is 2.52 bits per heavy atom.